The normalized spacial score (nSPS) is 11.6. The fourth-order valence-electron chi connectivity index (χ4n) is 3.57. The molecule has 2 aromatic heterocycles. The molecule has 0 saturated carbocycles. The summed E-state index contributed by atoms with van der Waals surface area (Å²) in [5.74, 6) is 0. The maximum absolute atomic E-state index is 4.88. The quantitative estimate of drug-likeness (QED) is 0.307. The predicted molar refractivity (Wildman–Crippen MR) is 123 cm³/mol. The average Bonchev–Trinajstić information content (AvgIpc) is 3.26. The third-order valence-corrected chi connectivity index (χ3v) is 7.22. The van der Waals surface area contributed by atoms with Crippen molar-refractivity contribution in [2.75, 3.05) is 0 Å². The van der Waals surface area contributed by atoms with E-state index >= 15 is 0 Å². The molecule has 0 amide bonds. The number of hydrogen-bond donors (Lipinski definition) is 0. The molecule has 138 valence electrons. The number of thiazole rings is 2. The molecule has 0 bridgehead atoms. The minimum Gasteiger partial charge on any atom is -0.236 e. The molecule has 5 rings (SSSR count). The molecule has 0 unspecified atom stereocenters. The molecule has 3 aromatic carbocycles. The molecule has 0 saturated heterocycles. The van der Waals surface area contributed by atoms with Crippen molar-refractivity contribution in [3.63, 3.8) is 0 Å². The van der Waals surface area contributed by atoms with Gasteiger partial charge < -0.3 is 0 Å². The van der Waals surface area contributed by atoms with Crippen molar-refractivity contribution in [1.29, 1.82) is 0 Å². The van der Waals surface area contributed by atoms with E-state index in [1.54, 1.807) is 22.7 Å². The van der Waals surface area contributed by atoms with Crippen molar-refractivity contribution in [3.05, 3.63) is 70.8 Å². The standard InChI is InChI=1S/C24H20N2S2/c1-13-5-7-19-21(9-13)27-23(25-19)17-11-16(4)18(12-15(17)3)24-26-20-8-6-14(2)10-22(20)28-24/h5-12H,1-4H3. The Bertz CT molecular complexity index is 1250. The topological polar surface area (TPSA) is 25.8 Å². The van der Waals surface area contributed by atoms with Crippen LogP contribution in [0.25, 0.3) is 41.6 Å². The number of hydrogen-bond acceptors (Lipinski definition) is 4. The molecule has 28 heavy (non-hydrogen) atoms. The van der Waals surface area contributed by atoms with Gasteiger partial charge in [0.1, 0.15) is 10.0 Å². The Morgan fingerprint density at radius 2 is 1.00 bits per heavy atom. The van der Waals surface area contributed by atoms with Crippen molar-refractivity contribution in [2.45, 2.75) is 27.7 Å². The Morgan fingerprint density at radius 1 is 0.571 bits per heavy atom. The van der Waals surface area contributed by atoms with Crippen LogP contribution in [0, 0.1) is 27.7 Å². The Balaban J connectivity index is 1.62. The molecule has 0 fully saturated rings. The first-order chi connectivity index (χ1) is 13.5. The molecule has 0 aliphatic carbocycles. The Labute approximate surface area is 172 Å². The summed E-state index contributed by atoms with van der Waals surface area (Å²) in [4.78, 5) is 9.76. The summed E-state index contributed by atoms with van der Waals surface area (Å²) in [5, 5.41) is 2.18. The highest BCUT2D eigenvalue weighted by Crippen LogP contribution is 2.38. The maximum Gasteiger partial charge on any atom is 0.124 e. The van der Waals surface area contributed by atoms with Crippen molar-refractivity contribution in [2.24, 2.45) is 0 Å². The molecule has 5 aromatic rings. The van der Waals surface area contributed by atoms with E-state index in [9.17, 15) is 0 Å². The van der Waals surface area contributed by atoms with E-state index in [1.807, 2.05) is 0 Å². The summed E-state index contributed by atoms with van der Waals surface area (Å²) in [6.07, 6.45) is 0. The van der Waals surface area contributed by atoms with Crippen LogP contribution in [0.4, 0.5) is 0 Å². The van der Waals surface area contributed by atoms with Crippen molar-refractivity contribution < 1.29 is 0 Å². The van der Waals surface area contributed by atoms with Crippen LogP contribution < -0.4 is 0 Å². The SMILES string of the molecule is Cc1ccc2nc(-c3cc(C)c(-c4nc5ccc(C)cc5s4)cc3C)sc2c1. The lowest BCUT2D eigenvalue weighted by Crippen LogP contribution is -1.89. The summed E-state index contributed by atoms with van der Waals surface area (Å²) < 4.78 is 2.50. The second-order valence-electron chi connectivity index (χ2n) is 7.46. The summed E-state index contributed by atoms with van der Waals surface area (Å²) in [6, 6.07) is 17.5. The molecular formula is C24H20N2S2. The Morgan fingerprint density at radius 3 is 1.43 bits per heavy atom. The molecule has 2 nitrogen and oxygen atoms in total. The second kappa shape index (κ2) is 6.50. The average molecular weight is 401 g/mol. The van der Waals surface area contributed by atoms with Crippen LogP contribution in [0.5, 0.6) is 0 Å². The molecular weight excluding hydrogens is 380 g/mol. The van der Waals surface area contributed by atoms with Crippen LogP contribution in [-0.2, 0) is 0 Å². The number of benzene rings is 3. The highest BCUT2D eigenvalue weighted by molar-refractivity contribution is 7.22. The van der Waals surface area contributed by atoms with E-state index < -0.39 is 0 Å². The number of aromatic nitrogens is 2. The first-order valence-electron chi connectivity index (χ1n) is 9.34. The fraction of sp³-hybridized carbons (Fsp3) is 0.167. The van der Waals surface area contributed by atoms with Gasteiger partial charge in [-0.25, -0.2) is 9.97 Å². The van der Waals surface area contributed by atoms with Crippen LogP contribution in [-0.4, -0.2) is 9.97 Å². The zero-order chi connectivity index (χ0) is 19.4. The Kier molecular flexibility index (Phi) is 4.07. The summed E-state index contributed by atoms with van der Waals surface area (Å²) >= 11 is 3.54. The molecule has 0 radical (unpaired) electrons. The number of rotatable bonds is 2. The van der Waals surface area contributed by atoms with E-state index in [-0.39, 0.29) is 0 Å². The van der Waals surface area contributed by atoms with Gasteiger partial charge in [0.2, 0.25) is 0 Å². The maximum atomic E-state index is 4.88. The molecule has 0 N–H and O–H groups in total. The van der Waals surface area contributed by atoms with Gasteiger partial charge in [-0.2, -0.15) is 0 Å². The van der Waals surface area contributed by atoms with Crippen LogP contribution >= 0.6 is 22.7 Å². The van der Waals surface area contributed by atoms with Crippen LogP contribution in [0.15, 0.2) is 48.5 Å². The summed E-state index contributed by atoms with van der Waals surface area (Å²) in [6.45, 7) is 8.60. The van der Waals surface area contributed by atoms with Crippen molar-refractivity contribution >= 4 is 43.1 Å². The zero-order valence-corrected chi connectivity index (χ0v) is 18.0. The summed E-state index contributed by atoms with van der Waals surface area (Å²) in [5.41, 5.74) is 9.63. The van der Waals surface area contributed by atoms with Gasteiger partial charge in [0.05, 0.1) is 20.4 Å². The highest BCUT2D eigenvalue weighted by Gasteiger charge is 2.15. The Hall–Kier alpha value is -2.56. The first-order valence-corrected chi connectivity index (χ1v) is 11.0. The van der Waals surface area contributed by atoms with Crippen LogP contribution in [0.2, 0.25) is 0 Å². The predicted octanol–water partition coefficient (Wildman–Crippen LogP) is 7.47. The molecule has 0 aliphatic heterocycles. The van der Waals surface area contributed by atoms with Gasteiger partial charge in [-0.1, -0.05) is 12.1 Å². The lowest BCUT2D eigenvalue weighted by atomic mass is 10.0. The van der Waals surface area contributed by atoms with Crippen molar-refractivity contribution in [1.82, 2.24) is 9.97 Å². The largest absolute Gasteiger partial charge is 0.236 e. The molecule has 0 spiro atoms. The van der Waals surface area contributed by atoms with Gasteiger partial charge in [-0.3, -0.25) is 0 Å². The van der Waals surface area contributed by atoms with Crippen molar-refractivity contribution in [3.8, 4) is 21.1 Å². The number of nitrogens with zero attached hydrogens (tertiary/aromatic N) is 2. The molecule has 4 heteroatoms. The van der Waals surface area contributed by atoms with Crippen LogP contribution in [0.1, 0.15) is 22.3 Å². The zero-order valence-electron chi connectivity index (χ0n) is 16.3. The van der Waals surface area contributed by atoms with Gasteiger partial charge in [-0.15, -0.1) is 22.7 Å². The minimum atomic E-state index is 1.08. The van der Waals surface area contributed by atoms with E-state index in [4.69, 9.17) is 9.97 Å². The van der Waals surface area contributed by atoms with Crippen LogP contribution in [0.3, 0.4) is 0 Å². The monoisotopic (exact) mass is 400 g/mol. The van der Waals surface area contributed by atoms with Gasteiger partial charge in [0.15, 0.2) is 0 Å². The lowest BCUT2D eigenvalue weighted by Gasteiger charge is -2.09. The van der Waals surface area contributed by atoms with Gasteiger partial charge >= 0.3 is 0 Å². The number of fused-ring (bicyclic) bond motifs is 2. The van der Waals surface area contributed by atoms with Gasteiger partial charge in [-0.05, 0) is 86.3 Å². The third-order valence-electron chi connectivity index (χ3n) is 5.12. The lowest BCUT2D eigenvalue weighted by molar-refractivity contribution is 1.35. The molecule has 0 atom stereocenters. The van der Waals surface area contributed by atoms with E-state index in [0.717, 1.165) is 21.0 Å². The van der Waals surface area contributed by atoms with Gasteiger partial charge in [0.25, 0.3) is 0 Å². The summed E-state index contributed by atoms with van der Waals surface area (Å²) in [7, 11) is 0. The fourth-order valence-corrected chi connectivity index (χ4v) is 5.86. The highest BCUT2D eigenvalue weighted by atomic mass is 32.1. The second-order valence-corrected chi connectivity index (χ2v) is 9.52. The van der Waals surface area contributed by atoms with E-state index in [0.29, 0.717) is 0 Å². The molecule has 0 aliphatic rings. The third kappa shape index (κ3) is 2.93. The van der Waals surface area contributed by atoms with Gasteiger partial charge in [0, 0.05) is 11.1 Å². The van der Waals surface area contributed by atoms with E-state index in [2.05, 4.69) is 76.2 Å². The molecule has 2 heterocycles. The first kappa shape index (κ1) is 17.5. The number of aryl methyl sites for hydroxylation is 4. The smallest absolute Gasteiger partial charge is 0.124 e. The minimum absolute atomic E-state index is 1.08. The van der Waals surface area contributed by atoms with E-state index in [1.165, 1.54) is 42.8 Å².